The number of thioether (sulfide) groups is 1. The normalized spacial score (nSPS) is 42.8. The average molecular weight is 431 g/mol. The summed E-state index contributed by atoms with van der Waals surface area (Å²) in [6.45, 7) is 1.17. The molecule has 0 spiro atoms. The van der Waals surface area contributed by atoms with Gasteiger partial charge in [-0.15, -0.1) is 11.8 Å². The summed E-state index contributed by atoms with van der Waals surface area (Å²) < 4.78 is 26.7. The molecule has 3 saturated heterocycles. The van der Waals surface area contributed by atoms with Crippen molar-refractivity contribution in [1.82, 2.24) is 20.9 Å². The predicted octanol–water partition coefficient (Wildman–Crippen LogP) is 1.25. The van der Waals surface area contributed by atoms with E-state index >= 15 is 0 Å². The van der Waals surface area contributed by atoms with Crippen LogP contribution in [0.1, 0.15) is 51.4 Å². The largest absolute Gasteiger partial charge is 0.394 e. The highest BCUT2D eigenvalue weighted by atomic mass is 32.2. The number of halogens is 2. The lowest BCUT2D eigenvalue weighted by Crippen LogP contribution is -2.66. The first-order chi connectivity index (χ1) is 13.9. The minimum absolute atomic E-state index is 0.0391. The minimum Gasteiger partial charge on any atom is -0.394 e. The van der Waals surface area contributed by atoms with Crippen molar-refractivity contribution in [2.75, 3.05) is 19.7 Å². The number of piperidine rings is 1. The van der Waals surface area contributed by atoms with Gasteiger partial charge < -0.3 is 15.3 Å². The van der Waals surface area contributed by atoms with Crippen LogP contribution in [0.25, 0.3) is 0 Å². The summed E-state index contributed by atoms with van der Waals surface area (Å²) in [6, 6.07) is 0.751. The number of hydrogen-bond acceptors (Lipinski definition) is 6. The molecule has 6 unspecified atom stereocenters. The summed E-state index contributed by atoms with van der Waals surface area (Å²) in [6.07, 6.45) is 6.20. The van der Waals surface area contributed by atoms with E-state index in [0.717, 1.165) is 19.4 Å². The molecule has 0 aromatic carbocycles. The summed E-state index contributed by atoms with van der Waals surface area (Å²) in [5.74, 6) is -1.79. The van der Waals surface area contributed by atoms with Crippen LogP contribution in [0, 0.1) is 5.92 Å². The van der Waals surface area contributed by atoms with Crippen molar-refractivity contribution >= 4 is 17.7 Å². The summed E-state index contributed by atoms with van der Waals surface area (Å²) in [7, 11) is 0. The van der Waals surface area contributed by atoms with Crippen LogP contribution in [0.3, 0.4) is 0 Å². The van der Waals surface area contributed by atoms with Gasteiger partial charge in [-0.1, -0.05) is 12.8 Å². The second-order valence-electron chi connectivity index (χ2n) is 9.80. The number of alkyl halides is 2. The zero-order chi connectivity index (χ0) is 20.2. The van der Waals surface area contributed by atoms with Gasteiger partial charge in [0.25, 0.3) is 5.92 Å². The SMILES string of the molecule is O=C(C1CC2CCCCC2N1)N1CCC2NC(NC3(CO)CC(F)(F)C3)SC2C1. The van der Waals surface area contributed by atoms with Gasteiger partial charge in [-0.05, 0) is 31.6 Å². The van der Waals surface area contributed by atoms with Gasteiger partial charge in [0.05, 0.1) is 18.2 Å². The van der Waals surface area contributed by atoms with E-state index < -0.39 is 11.5 Å². The molecule has 9 heteroatoms. The predicted molar refractivity (Wildman–Crippen MR) is 108 cm³/mol. The van der Waals surface area contributed by atoms with Gasteiger partial charge in [0.1, 0.15) is 5.50 Å². The van der Waals surface area contributed by atoms with Crippen molar-refractivity contribution in [3.05, 3.63) is 0 Å². The summed E-state index contributed by atoms with van der Waals surface area (Å²) in [4.78, 5) is 15.1. The lowest BCUT2D eigenvalue weighted by Gasteiger charge is -2.48. The number of nitrogens with one attached hydrogen (secondary N) is 3. The van der Waals surface area contributed by atoms with E-state index in [1.807, 2.05) is 4.90 Å². The fourth-order valence-electron chi connectivity index (χ4n) is 6.14. The Labute approximate surface area is 174 Å². The Morgan fingerprint density at radius 2 is 1.97 bits per heavy atom. The van der Waals surface area contributed by atoms with Crippen molar-refractivity contribution < 1.29 is 18.7 Å². The number of amides is 1. The molecule has 0 bridgehead atoms. The lowest BCUT2D eigenvalue weighted by atomic mass is 9.74. The molecule has 0 radical (unpaired) electrons. The molecule has 1 amide bonds. The molecule has 5 rings (SSSR count). The zero-order valence-corrected chi connectivity index (χ0v) is 17.5. The summed E-state index contributed by atoms with van der Waals surface area (Å²) >= 11 is 1.68. The van der Waals surface area contributed by atoms with Gasteiger partial charge >= 0.3 is 0 Å². The summed E-state index contributed by atoms with van der Waals surface area (Å²) in [5, 5.41) is 20.2. The Kier molecular flexibility index (Phi) is 5.34. The topological polar surface area (TPSA) is 76.6 Å². The maximum atomic E-state index is 13.4. The maximum Gasteiger partial charge on any atom is 0.251 e. The number of carbonyl (C=O) groups excluding carboxylic acids is 1. The van der Waals surface area contributed by atoms with Crippen molar-refractivity contribution in [2.24, 2.45) is 5.92 Å². The van der Waals surface area contributed by atoms with Crippen LogP contribution in [-0.4, -0.2) is 75.9 Å². The number of carbonyl (C=O) groups is 1. The van der Waals surface area contributed by atoms with Crippen LogP contribution in [0.4, 0.5) is 8.78 Å². The maximum absolute atomic E-state index is 13.4. The third-order valence-corrected chi connectivity index (χ3v) is 9.00. The Balaban J connectivity index is 1.15. The molecule has 4 N–H and O–H groups in total. The van der Waals surface area contributed by atoms with Crippen molar-refractivity contribution in [2.45, 2.75) is 91.7 Å². The number of nitrogens with zero attached hydrogens (tertiary/aromatic N) is 1. The fourth-order valence-corrected chi connectivity index (χ4v) is 7.73. The zero-order valence-electron chi connectivity index (χ0n) is 16.7. The van der Waals surface area contributed by atoms with E-state index in [1.165, 1.54) is 25.7 Å². The number of likely N-dealkylation sites (tertiary alicyclic amines) is 1. The number of fused-ring (bicyclic) bond motifs is 2. The number of hydrogen-bond donors (Lipinski definition) is 4. The monoisotopic (exact) mass is 430 g/mol. The first kappa shape index (κ1) is 20.4. The van der Waals surface area contributed by atoms with Gasteiger partial charge in [-0.25, -0.2) is 8.78 Å². The van der Waals surface area contributed by atoms with E-state index in [-0.39, 0.29) is 48.2 Å². The standard InChI is InChI=1S/C20H32F2N4O2S/c21-20(22)9-19(10-20,11-27)25-18-24-14-5-6-26(8-16(14)29-18)17(28)15-7-12-3-1-2-4-13(12)23-15/h12-16,18,23-25,27H,1-11H2. The minimum atomic E-state index is -2.68. The Hall–Kier alpha value is -0.480. The van der Waals surface area contributed by atoms with Crippen LogP contribution in [0.5, 0.6) is 0 Å². The first-order valence-electron chi connectivity index (χ1n) is 11.1. The molecule has 6 nitrogen and oxygen atoms in total. The van der Waals surface area contributed by atoms with Crippen LogP contribution in [-0.2, 0) is 4.79 Å². The lowest BCUT2D eigenvalue weighted by molar-refractivity contribution is -0.148. The fraction of sp³-hybridized carbons (Fsp3) is 0.950. The highest BCUT2D eigenvalue weighted by molar-refractivity contribution is 8.00. The van der Waals surface area contributed by atoms with Gasteiger partial charge in [0.15, 0.2) is 0 Å². The average Bonchev–Trinajstić information content (AvgIpc) is 3.28. The summed E-state index contributed by atoms with van der Waals surface area (Å²) in [5.41, 5.74) is -1.04. The quantitative estimate of drug-likeness (QED) is 0.538. The van der Waals surface area contributed by atoms with Crippen molar-refractivity contribution in [3.8, 4) is 0 Å². The molecule has 6 atom stereocenters. The van der Waals surface area contributed by atoms with E-state index in [9.17, 15) is 18.7 Å². The molecule has 2 aliphatic carbocycles. The molecule has 29 heavy (non-hydrogen) atoms. The van der Waals surface area contributed by atoms with E-state index in [2.05, 4.69) is 16.0 Å². The van der Waals surface area contributed by atoms with Gasteiger partial charge in [0.2, 0.25) is 5.91 Å². The highest BCUT2D eigenvalue weighted by Crippen LogP contribution is 2.46. The first-order valence-corrected chi connectivity index (χ1v) is 12.0. The molecule has 164 valence electrons. The van der Waals surface area contributed by atoms with Crippen LogP contribution in [0.2, 0.25) is 0 Å². The Morgan fingerprint density at radius 3 is 2.69 bits per heavy atom. The van der Waals surface area contributed by atoms with Crippen molar-refractivity contribution in [1.29, 1.82) is 0 Å². The van der Waals surface area contributed by atoms with Gasteiger partial charge in [-0.3, -0.25) is 15.4 Å². The van der Waals surface area contributed by atoms with Crippen molar-refractivity contribution in [3.63, 3.8) is 0 Å². The van der Waals surface area contributed by atoms with E-state index in [0.29, 0.717) is 18.5 Å². The van der Waals surface area contributed by atoms with Gasteiger partial charge in [0, 0.05) is 43.3 Å². The second kappa shape index (κ2) is 7.58. The van der Waals surface area contributed by atoms with Crippen LogP contribution >= 0.6 is 11.8 Å². The third kappa shape index (κ3) is 3.93. The van der Waals surface area contributed by atoms with E-state index in [4.69, 9.17) is 0 Å². The smallest absolute Gasteiger partial charge is 0.251 e. The number of aliphatic hydroxyl groups excluding tert-OH is 1. The molecule has 5 fully saturated rings. The Morgan fingerprint density at radius 1 is 1.17 bits per heavy atom. The molecule has 5 aliphatic rings. The van der Waals surface area contributed by atoms with Gasteiger partial charge in [-0.2, -0.15) is 0 Å². The molecule has 2 saturated carbocycles. The highest BCUT2D eigenvalue weighted by Gasteiger charge is 2.57. The van der Waals surface area contributed by atoms with Crippen LogP contribution < -0.4 is 16.0 Å². The number of rotatable bonds is 4. The van der Waals surface area contributed by atoms with E-state index in [1.54, 1.807) is 11.8 Å². The molecule has 0 aromatic heterocycles. The molecular formula is C20H32F2N4O2S. The third-order valence-electron chi connectivity index (χ3n) is 7.64. The molecule has 3 heterocycles. The molecule has 3 aliphatic heterocycles. The molecule has 0 aromatic rings. The number of aliphatic hydroxyl groups is 1. The second-order valence-corrected chi connectivity index (χ2v) is 11.1. The molecular weight excluding hydrogens is 398 g/mol. The Bertz CT molecular complexity index is 632. The van der Waals surface area contributed by atoms with Crippen LogP contribution in [0.15, 0.2) is 0 Å².